The van der Waals surface area contributed by atoms with Gasteiger partial charge in [0.1, 0.15) is 0 Å². The van der Waals surface area contributed by atoms with Gasteiger partial charge in [-0.1, -0.05) is 0 Å². The number of hydrogen-bond acceptors (Lipinski definition) is 6. The summed E-state index contributed by atoms with van der Waals surface area (Å²) in [6, 6.07) is 0. The van der Waals surface area contributed by atoms with Crippen LogP contribution in [0, 0.1) is 0 Å². The van der Waals surface area contributed by atoms with E-state index in [-0.39, 0.29) is 35.3 Å². The molecule has 0 bridgehead atoms. The third-order valence-corrected chi connectivity index (χ3v) is 9.66. The van der Waals surface area contributed by atoms with E-state index < -0.39 is 14.6 Å². The van der Waals surface area contributed by atoms with Gasteiger partial charge in [0.05, 0.1) is 23.7 Å². The van der Waals surface area contributed by atoms with Crippen molar-refractivity contribution in [3.63, 3.8) is 0 Å². The minimum Gasteiger partial charge on any atom is -0.379 e. The molecule has 3 aliphatic rings. The Hall–Kier alpha value is 0.220. The molecule has 3 fully saturated rings. The van der Waals surface area contributed by atoms with Gasteiger partial charge < -0.3 is 15.0 Å². The molecule has 1 N–H and O–H groups in total. The summed E-state index contributed by atoms with van der Waals surface area (Å²) in [6.07, 6.45) is 1.17. The van der Waals surface area contributed by atoms with Crippen LogP contribution in [0.3, 0.4) is 0 Å². The average Bonchev–Trinajstić information content (AvgIpc) is 3.09. The van der Waals surface area contributed by atoms with Crippen LogP contribution < -0.4 is 5.32 Å². The van der Waals surface area contributed by atoms with Crippen LogP contribution in [0.1, 0.15) is 20.3 Å². The number of ether oxygens (including phenoxy) is 1. The van der Waals surface area contributed by atoms with E-state index in [1.807, 2.05) is 25.6 Å². The SMILES string of the molecule is CN=C(NCC1(N2CCOCC2)CCSC1)N1CCS(=O)(=O)C(C)(C)C1.I. The van der Waals surface area contributed by atoms with E-state index in [9.17, 15) is 8.42 Å². The Balaban J connectivity index is 0.00000261. The third-order valence-electron chi connectivity index (χ3n) is 5.89. The number of nitrogens with one attached hydrogen (secondary N) is 1. The second kappa shape index (κ2) is 9.36. The lowest BCUT2D eigenvalue weighted by Gasteiger charge is -2.44. The molecule has 0 aliphatic carbocycles. The zero-order chi connectivity index (χ0) is 18.8. The van der Waals surface area contributed by atoms with Crippen LogP contribution in [0.2, 0.25) is 0 Å². The first-order valence-corrected chi connectivity index (χ1v) is 12.2. The molecule has 27 heavy (non-hydrogen) atoms. The van der Waals surface area contributed by atoms with E-state index in [2.05, 4.69) is 20.1 Å². The summed E-state index contributed by atoms with van der Waals surface area (Å²) in [5, 5.41) is 3.57. The highest BCUT2D eigenvalue weighted by Crippen LogP contribution is 2.33. The summed E-state index contributed by atoms with van der Waals surface area (Å²) in [4.78, 5) is 9.11. The molecule has 1 unspecified atom stereocenters. The Morgan fingerprint density at radius 1 is 1.26 bits per heavy atom. The predicted octanol–water partition coefficient (Wildman–Crippen LogP) is 0.897. The van der Waals surface area contributed by atoms with Crippen LogP contribution >= 0.6 is 35.7 Å². The molecule has 3 rings (SSSR count). The number of sulfone groups is 1. The number of nitrogens with zero attached hydrogens (tertiary/aromatic N) is 3. The lowest BCUT2D eigenvalue weighted by molar-refractivity contribution is -0.0121. The van der Waals surface area contributed by atoms with Gasteiger partial charge in [0.25, 0.3) is 0 Å². The molecule has 0 saturated carbocycles. The van der Waals surface area contributed by atoms with E-state index in [0.29, 0.717) is 13.1 Å². The fraction of sp³-hybridized carbons (Fsp3) is 0.941. The Morgan fingerprint density at radius 3 is 2.52 bits per heavy atom. The average molecular weight is 533 g/mol. The van der Waals surface area contributed by atoms with Crippen molar-refractivity contribution in [2.75, 3.05) is 70.2 Å². The fourth-order valence-electron chi connectivity index (χ4n) is 4.04. The van der Waals surface area contributed by atoms with Gasteiger partial charge >= 0.3 is 0 Å². The molecular formula is C17H33IN4O3S2. The first kappa shape index (κ1) is 23.5. The van der Waals surface area contributed by atoms with Gasteiger partial charge in [-0.25, -0.2) is 8.42 Å². The van der Waals surface area contributed by atoms with Gasteiger partial charge in [-0.3, -0.25) is 9.89 Å². The van der Waals surface area contributed by atoms with Crippen LogP contribution in [0.5, 0.6) is 0 Å². The molecule has 3 heterocycles. The van der Waals surface area contributed by atoms with Crippen LogP contribution in [-0.4, -0.2) is 105 Å². The van der Waals surface area contributed by atoms with Gasteiger partial charge in [0.15, 0.2) is 15.8 Å². The second-order valence-corrected chi connectivity index (χ2v) is 11.9. The van der Waals surface area contributed by atoms with Gasteiger partial charge in [-0.2, -0.15) is 11.8 Å². The number of halogens is 1. The monoisotopic (exact) mass is 532 g/mol. The van der Waals surface area contributed by atoms with Crippen LogP contribution in [0.25, 0.3) is 0 Å². The molecule has 1 atom stereocenters. The summed E-state index contributed by atoms with van der Waals surface area (Å²) >= 11 is 2.01. The second-order valence-electron chi connectivity index (χ2n) is 8.03. The first-order chi connectivity index (χ1) is 12.3. The molecule has 10 heteroatoms. The Bertz CT molecular complexity index is 630. The number of guanidine groups is 1. The zero-order valence-electron chi connectivity index (χ0n) is 16.6. The largest absolute Gasteiger partial charge is 0.379 e. The van der Waals surface area contributed by atoms with Crippen LogP contribution in [-0.2, 0) is 14.6 Å². The molecule has 0 aromatic rings. The zero-order valence-corrected chi connectivity index (χ0v) is 20.5. The highest BCUT2D eigenvalue weighted by Gasteiger charge is 2.43. The summed E-state index contributed by atoms with van der Waals surface area (Å²) < 4.78 is 29.3. The summed E-state index contributed by atoms with van der Waals surface area (Å²) in [5.74, 6) is 3.31. The summed E-state index contributed by atoms with van der Waals surface area (Å²) in [5.41, 5.74) is 0.141. The van der Waals surface area contributed by atoms with Crippen molar-refractivity contribution >= 4 is 51.5 Å². The van der Waals surface area contributed by atoms with Gasteiger partial charge in [-0.15, -0.1) is 24.0 Å². The van der Waals surface area contributed by atoms with Crippen LogP contribution in [0.4, 0.5) is 0 Å². The molecule has 0 spiro atoms. The standard InChI is InChI=1S/C17H32N4O3S2.HI/c1-16(2)13-20(7-11-26(16,22)23)15(18-3)19-12-17(4-10-25-14-17)21-5-8-24-9-6-21;/h4-14H2,1-3H3,(H,18,19);1H. The van der Waals surface area contributed by atoms with Gasteiger partial charge in [-0.05, 0) is 26.0 Å². The Morgan fingerprint density at radius 2 is 1.96 bits per heavy atom. The minimum atomic E-state index is -3.05. The number of thioether (sulfide) groups is 1. The fourth-order valence-corrected chi connectivity index (χ4v) is 6.88. The molecule has 7 nitrogen and oxygen atoms in total. The number of rotatable bonds is 3. The third kappa shape index (κ3) is 5.04. The molecule has 0 aromatic carbocycles. The molecular weight excluding hydrogens is 499 g/mol. The Labute approximate surface area is 185 Å². The highest BCUT2D eigenvalue weighted by atomic mass is 127. The predicted molar refractivity (Wildman–Crippen MR) is 123 cm³/mol. The lowest BCUT2D eigenvalue weighted by Crippen LogP contribution is -2.62. The smallest absolute Gasteiger partial charge is 0.193 e. The van der Waals surface area contributed by atoms with E-state index >= 15 is 0 Å². The molecule has 0 aromatic heterocycles. The topological polar surface area (TPSA) is 74.2 Å². The summed E-state index contributed by atoms with van der Waals surface area (Å²) in [7, 11) is -1.26. The number of morpholine rings is 1. The maximum Gasteiger partial charge on any atom is 0.193 e. The maximum absolute atomic E-state index is 12.3. The molecule has 0 radical (unpaired) electrons. The molecule has 0 amide bonds. The van der Waals surface area contributed by atoms with Gasteiger partial charge in [0.2, 0.25) is 0 Å². The lowest BCUT2D eigenvalue weighted by atomic mass is 9.95. The van der Waals surface area contributed by atoms with Crippen molar-refractivity contribution in [3.05, 3.63) is 0 Å². The van der Waals surface area contributed by atoms with Crippen molar-refractivity contribution in [1.29, 1.82) is 0 Å². The maximum atomic E-state index is 12.3. The molecule has 158 valence electrons. The van der Waals surface area contributed by atoms with E-state index in [1.165, 1.54) is 12.2 Å². The molecule has 3 saturated heterocycles. The van der Waals surface area contributed by atoms with Crippen LogP contribution in [0.15, 0.2) is 4.99 Å². The molecule has 3 aliphatic heterocycles. The van der Waals surface area contributed by atoms with E-state index in [4.69, 9.17) is 4.74 Å². The number of aliphatic imine (C=N–C) groups is 1. The van der Waals surface area contributed by atoms with Crippen molar-refractivity contribution < 1.29 is 13.2 Å². The van der Waals surface area contributed by atoms with Crippen molar-refractivity contribution in [2.24, 2.45) is 4.99 Å². The quantitative estimate of drug-likeness (QED) is 0.329. The van der Waals surface area contributed by atoms with E-state index in [1.54, 1.807) is 7.05 Å². The van der Waals surface area contributed by atoms with Crippen molar-refractivity contribution in [1.82, 2.24) is 15.1 Å². The Kier molecular flexibility index (Phi) is 8.14. The van der Waals surface area contributed by atoms with E-state index in [0.717, 1.165) is 44.6 Å². The van der Waals surface area contributed by atoms with Crippen molar-refractivity contribution in [3.8, 4) is 0 Å². The highest BCUT2D eigenvalue weighted by molar-refractivity contribution is 14.0. The van der Waals surface area contributed by atoms with Crippen molar-refractivity contribution in [2.45, 2.75) is 30.6 Å². The normalized spacial score (nSPS) is 31.4. The number of hydrogen-bond donors (Lipinski definition) is 1. The first-order valence-electron chi connectivity index (χ1n) is 9.38. The van der Waals surface area contributed by atoms with Gasteiger partial charge in [0, 0.05) is 51.1 Å². The minimum absolute atomic E-state index is 0. The summed E-state index contributed by atoms with van der Waals surface area (Å²) in [6.45, 7) is 9.02.